The molecule has 0 aromatic carbocycles. The summed E-state index contributed by atoms with van der Waals surface area (Å²) in [5.74, 6) is 1.78. The molecule has 2 rings (SSSR count). The maximum absolute atomic E-state index is 5.85. The van der Waals surface area contributed by atoms with Gasteiger partial charge in [-0.15, -0.1) is 0 Å². The Kier molecular flexibility index (Phi) is 3.72. The van der Waals surface area contributed by atoms with Crippen LogP contribution < -0.4 is 10.5 Å². The van der Waals surface area contributed by atoms with Crippen LogP contribution in [0.2, 0.25) is 5.28 Å². The number of ether oxygens (including phenoxy) is 1. The molecule has 1 heterocycles. The Morgan fingerprint density at radius 1 is 1.29 bits per heavy atom. The van der Waals surface area contributed by atoms with Gasteiger partial charge in [0.25, 0.3) is 0 Å². The monoisotopic (exact) mass is 255 g/mol. The Labute approximate surface area is 107 Å². The molecule has 0 amide bonds. The zero-order chi connectivity index (χ0) is 12.4. The number of hydrogen-bond acceptors (Lipinski definition) is 4. The number of anilines is 1. The lowest BCUT2D eigenvalue weighted by Crippen LogP contribution is -2.29. The van der Waals surface area contributed by atoms with Crippen molar-refractivity contribution in [2.45, 2.75) is 39.2 Å². The fraction of sp³-hybridized carbons (Fsp3) is 0.667. The summed E-state index contributed by atoms with van der Waals surface area (Å²) in [5, 5.41) is 0.172. The quantitative estimate of drug-likeness (QED) is 0.826. The van der Waals surface area contributed by atoms with E-state index in [0.717, 1.165) is 12.8 Å². The van der Waals surface area contributed by atoms with Crippen molar-refractivity contribution < 1.29 is 4.74 Å². The third kappa shape index (κ3) is 3.22. The molecule has 1 aliphatic rings. The molecule has 2 unspecified atom stereocenters. The number of hydrogen-bond donors (Lipinski definition) is 1. The molecule has 2 N–H and O–H groups in total. The Balaban J connectivity index is 2.07. The number of halogens is 1. The topological polar surface area (TPSA) is 61.0 Å². The van der Waals surface area contributed by atoms with Gasteiger partial charge >= 0.3 is 0 Å². The molecule has 94 valence electrons. The summed E-state index contributed by atoms with van der Waals surface area (Å²) in [6, 6.07) is 0. The van der Waals surface area contributed by atoms with Crippen molar-refractivity contribution in [1.29, 1.82) is 0 Å². The van der Waals surface area contributed by atoms with E-state index in [1.165, 1.54) is 12.6 Å². The number of nitrogen functional groups attached to an aromatic ring is 1. The van der Waals surface area contributed by atoms with Crippen LogP contribution in [0, 0.1) is 11.8 Å². The van der Waals surface area contributed by atoms with Gasteiger partial charge in [0.2, 0.25) is 11.2 Å². The summed E-state index contributed by atoms with van der Waals surface area (Å²) in [7, 11) is 0. The van der Waals surface area contributed by atoms with Crippen molar-refractivity contribution in [3.63, 3.8) is 0 Å². The molecule has 1 aromatic rings. The van der Waals surface area contributed by atoms with Crippen LogP contribution >= 0.6 is 11.6 Å². The van der Waals surface area contributed by atoms with Crippen molar-refractivity contribution >= 4 is 17.3 Å². The summed E-state index contributed by atoms with van der Waals surface area (Å²) < 4.78 is 5.85. The van der Waals surface area contributed by atoms with Gasteiger partial charge < -0.3 is 10.5 Å². The highest BCUT2D eigenvalue weighted by molar-refractivity contribution is 6.28. The maximum atomic E-state index is 5.85. The van der Waals surface area contributed by atoms with E-state index in [-0.39, 0.29) is 11.4 Å². The molecule has 1 saturated carbocycles. The van der Waals surface area contributed by atoms with Gasteiger partial charge in [-0.25, -0.2) is 4.98 Å². The molecule has 1 aromatic heterocycles. The van der Waals surface area contributed by atoms with E-state index in [0.29, 0.717) is 23.4 Å². The van der Waals surface area contributed by atoms with Crippen molar-refractivity contribution in [3.05, 3.63) is 11.5 Å². The molecule has 0 bridgehead atoms. The first-order valence-electron chi connectivity index (χ1n) is 5.99. The average Bonchev–Trinajstić information content (AvgIpc) is 2.22. The molecule has 5 heteroatoms. The number of rotatable bonds is 2. The summed E-state index contributed by atoms with van der Waals surface area (Å²) in [6.45, 7) is 4.50. The molecule has 0 radical (unpaired) electrons. The summed E-state index contributed by atoms with van der Waals surface area (Å²) in [5.41, 5.74) is 6.21. The second-order valence-corrected chi connectivity index (χ2v) is 5.39. The van der Waals surface area contributed by atoms with Gasteiger partial charge in [-0.3, -0.25) is 0 Å². The molecular formula is C12H18ClN3O. The van der Waals surface area contributed by atoms with Crippen molar-refractivity contribution in [2.24, 2.45) is 11.8 Å². The second-order valence-electron chi connectivity index (χ2n) is 5.06. The first-order valence-corrected chi connectivity index (χ1v) is 6.37. The van der Waals surface area contributed by atoms with Crippen LogP contribution in [-0.4, -0.2) is 16.1 Å². The molecule has 0 aliphatic heterocycles. The Hall–Kier alpha value is -1.03. The summed E-state index contributed by atoms with van der Waals surface area (Å²) >= 11 is 5.73. The van der Waals surface area contributed by atoms with Gasteiger partial charge in [0.15, 0.2) is 0 Å². The standard InChI is InChI=1S/C12H18ClN3O/c1-7-3-8(2)5-9(4-7)17-11-10(14)6-15-12(13)16-11/h6-9H,3-5,14H2,1-2H3. The fourth-order valence-electron chi connectivity index (χ4n) is 2.58. The van der Waals surface area contributed by atoms with Crippen LogP contribution in [0.4, 0.5) is 5.69 Å². The third-order valence-corrected chi connectivity index (χ3v) is 3.35. The highest BCUT2D eigenvalue weighted by Gasteiger charge is 2.26. The van der Waals surface area contributed by atoms with Crippen molar-refractivity contribution in [3.8, 4) is 5.88 Å². The SMILES string of the molecule is CC1CC(C)CC(Oc2nc(Cl)ncc2N)C1. The predicted octanol–water partition coefficient (Wildman–Crippen LogP) is 2.92. The second kappa shape index (κ2) is 5.08. The lowest BCUT2D eigenvalue weighted by Gasteiger charge is -2.31. The largest absolute Gasteiger partial charge is 0.473 e. The lowest BCUT2D eigenvalue weighted by molar-refractivity contribution is 0.0973. The minimum atomic E-state index is 0.172. The van der Waals surface area contributed by atoms with Gasteiger partial charge in [0, 0.05) is 0 Å². The number of aromatic nitrogens is 2. The average molecular weight is 256 g/mol. The minimum absolute atomic E-state index is 0.172. The zero-order valence-electron chi connectivity index (χ0n) is 10.2. The van der Waals surface area contributed by atoms with Crippen LogP contribution in [-0.2, 0) is 0 Å². The maximum Gasteiger partial charge on any atom is 0.241 e. The van der Waals surface area contributed by atoms with E-state index >= 15 is 0 Å². The molecule has 0 saturated heterocycles. The van der Waals surface area contributed by atoms with Crippen LogP contribution in [0.1, 0.15) is 33.1 Å². The molecule has 1 fully saturated rings. The van der Waals surface area contributed by atoms with E-state index in [1.54, 1.807) is 0 Å². The van der Waals surface area contributed by atoms with E-state index in [9.17, 15) is 0 Å². The van der Waals surface area contributed by atoms with E-state index < -0.39 is 0 Å². The van der Waals surface area contributed by atoms with Gasteiger partial charge in [-0.2, -0.15) is 4.98 Å². The highest BCUT2D eigenvalue weighted by atomic mass is 35.5. The highest BCUT2D eigenvalue weighted by Crippen LogP contribution is 2.32. The number of nitrogens with two attached hydrogens (primary N) is 1. The Morgan fingerprint density at radius 3 is 2.59 bits per heavy atom. The summed E-state index contributed by atoms with van der Waals surface area (Å²) in [4.78, 5) is 7.84. The lowest BCUT2D eigenvalue weighted by atomic mass is 9.82. The Bertz CT molecular complexity index is 389. The van der Waals surface area contributed by atoms with Gasteiger partial charge in [-0.1, -0.05) is 13.8 Å². The first kappa shape index (κ1) is 12.4. The van der Waals surface area contributed by atoms with E-state index in [2.05, 4.69) is 23.8 Å². The van der Waals surface area contributed by atoms with E-state index in [4.69, 9.17) is 22.1 Å². The van der Waals surface area contributed by atoms with Crippen LogP contribution in [0.25, 0.3) is 0 Å². The molecule has 0 spiro atoms. The third-order valence-electron chi connectivity index (χ3n) is 3.16. The fourth-order valence-corrected chi connectivity index (χ4v) is 2.70. The van der Waals surface area contributed by atoms with Crippen LogP contribution in [0.3, 0.4) is 0 Å². The molecule has 2 atom stereocenters. The van der Waals surface area contributed by atoms with Gasteiger partial charge in [0.1, 0.15) is 11.8 Å². The van der Waals surface area contributed by atoms with Crippen LogP contribution in [0.5, 0.6) is 5.88 Å². The summed E-state index contributed by atoms with van der Waals surface area (Å²) in [6.07, 6.45) is 5.03. The minimum Gasteiger partial charge on any atom is -0.473 e. The Morgan fingerprint density at radius 2 is 1.94 bits per heavy atom. The first-order chi connectivity index (χ1) is 8.04. The van der Waals surface area contributed by atoms with E-state index in [1.807, 2.05) is 0 Å². The normalized spacial score (nSPS) is 29.0. The van der Waals surface area contributed by atoms with Gasteiger partial charge in [0.05, 0.1) is 6.20 Å². The number of nitrogens with zero attached hydrogens (tertiary/aromatic N) is 2. The smallest absolute Gasteiger partial charge is 0.241 e. The van der Waals surface area contributed by atoms with Crippen LogP contribution in [0.15, 0.2) is 6.20 Å². The molecule has 17 heavy (non-hydrogen) atoms. The predicted molar refractivity (Wildman–Crippen MR) is 68.0 cm³/mol. The van der Waals surface area contributed by atoms with Crippen molar-refractivity contribution in [2.75, 3.05) is 5.73 Å². The molecule has 1 aliphatic carbocycles. The van der Waals surface area contributed by atoms with Crippen molar-refractivity contribution in [1.82, 2.24) is 9.97 Å². The zero-order valence-corrected chi connectivity index (χ0v) is 10.9. The molecule has 4 nitrogen and oxygen atoms in total. The molecular weight excluding hydrogens is 238 g/mol. The van der Waals surface area contributed by atoms with Gasteiger partial charge in [-0.05, 0) is 42.7 Å².